The van der Waals surface area contributed by atoms with Crippen molar-refractivity contribution in [2.75, 3.05) is 11.7 Å². The highest BCUT2D eigenvalue weighted by atomic mass is 35.5. The molecular formula is C29H30ClNO4. The number of rotatable bonds is 7. The zero-order chi connectivity index (χ0) is 24.6. The molecule has 5 rings (SSSR count). The van der Waals surface area contributed by atoms with Crippen LogP contribution in [0, 0.1) is 0 Å². The summed E-state index contributed by atoms with van der Waals surface area (Å²) >= 11 is 6.18. The molecule has 1 N–H and O–H groups in total. The van der Waals surface area contributed by atoms with E-state index in [0.29, 0.717) is 17.2 Å². The largest absolute Gasteiger partial charge is 0.468 e. The van der Waals surface area contributed by atoms with E-state index in [1.807, 2.05) is 85.5 Å². The first-order chi connectivity index (χ1) is 16.8. The average molecular weight is 492 g/mol. The predicted molar refractivity (Wildman–Crippen MR) is 137 cm³/mol. The van der Waals surface area contributed by atoms with Crippen molar-refractivity contribution in [1.29, 1.82) is 0 Å². The summed E-state index contributed by atoms with van der Waals surface area (Å²) in [5.74, 6) is 0.713. The quantitative estimate of drug-likeness (QED) is 0.402. The second-order valence-electron chi connectivity index (χ2n) is 9.66. The van der Waals surface area contributed by atoms with Gasteiger partial charge >= 0.3 is 0 Å². The maximum absolute atomic E-state index is 13.5. The van der Waals surface area contributed by atoms with Gasteiger partial charge in [-0.3, -0.25) is 4.79 Å². The van der Waals surface area contributed by atoms with Crippen LogP contribution in [0.1, 0.15) is 61.4 Å². The van der Waals surface area contributed by atoms with Crippen molar-refractivity contribution in [2.45, 2.75) is 57.3 Å². The number of amides is 1. The summed E-state index contributed by atoms with van der Waals surface area (Å²) in [4.78, 5) is 15.3. The number of carbonyl (C=O) groups is 1. The maximum atomic E-state index is 13.5. The molecule has 2 aliphatic rings. The van der Waals surface area contributed by atoms with E-state index in [1.54, 1.807) is 0 Å². The number of hydrogen-bond donors (Lipinski definition) is 1. The topological polar surface area (TPSA) is 59.0 Å². The molecular weight excluding hydrogens is 462 g/mol. The number of ether oxygens (including phenoxy) is 2. The SMILES string of the molecule is CC(C)OCOc1ccc2c(c1)[C@H](c1ccc(Cl)cc1)N(c1ccc(C3(O)CCC3)cc1)C(=O)C2. The monoisotopic (exact) mass is 491 g/mol. The van der Waals surface area contributed by atoms with E-state index in [4.69, 9.17) is 21.1 Å². The van der Waals surface area contributed by atoms with Gasteiger partial charge in [0.15, 0.2) is 6.79 Å². The predicted octanol–water partition coefficient (Wildman–Crippen LogP) is 6.15. The number of carbonyl (C=O) groups excluding carboxylic acids is 1. The van der Waals surface area contributed by atoms with E-state index in [9.17, 15) is 9.90 Å². The number of fused-ring (bicyclic) bond motifs is 1. The normalized spacial score (nSPS) is 18.8. The maximum Gasteiger partial charge on any atom is 0.232 e. The fraction of sp³-hybridized carbons (Fsp3) is 0.345. The van der Waals surface area contributed by atoms with E-state index in [-0.39, 0.29) is 24.8 Å². The smallest absolute Gasteiger partial charge is 0.232 e. The molecule has 35 heavy (non-hydrogen) atoms. The van der Waals surface area contributed by atoms with Gasteiger partial charge in [-0.25, -0.2) is 0 Å². The summed E-state index contributed by atoms with van der Waals surface area (Å²) in [5.41, 5.74) is 3.90. The molecule has 1 fully saturated rings. The van der Waals surface area contributed by atoms with Crippen LogP contribution in [0.2, 0.25) is 5.02 Å². The van der Waals surface area contributed by atoms with Crippen molar-refractivity contribution in [2.24, 2.45) is 0 Å². The highest BCUT2D eigenvalue weighted by molar-refractivity contribution is 6.30. The molecule has 3 aromatic rings. The molecule has 0 aromatic heterocycles. The number of aliphatic hydroxyl groups is 1. The fourth-order valence-corrected chi connectivity index (χ4v) is 4.97. The van der Waals surface area contributed by atoms with Gasteiger partial charge in [-0.1, -0.05) is 41.9 Å². The first-order valence-corrected chi connectivity index (χ1v) is 12.5. The van der Waals surface area contributed by atoms with Crippen molar-refractivity contribution in [3.63, 3.8) is 0 Å². The van der Waals surface area contributed by atoms with E-state index < -0.39 is 5.60 Å². The zero-order valence-electron chi connectivity index (χ0n) is 20.0. The van der Waals surface area contributed by atoms with Gasteiger partial charge in [0.05, 0.1) is 24.2 Å². The zero-order valence-corrected chi connectivity index (χ0v) is 20.8. The van der Waals surface area contributed by atoms with E-state index in [0.717, 1.165) is 47.2 Å². The summed E-state index contributed by atoms with van der Waals surface area (Å²) in [5, 5.41) is 11.4. The van der Waals surface area contributed by atoms with Crippen molar-refractivity contribution in [1.82, 2.24) is 0 Å². The number of anilines is 1. The summed E-state index contributed by atoms with van der Waals surface area (Å²) in [6, 6.07) is 20.9. The van der Waals surface area contributed by atoms with Crippen LogP contribution in [-0.4, -0.2) is 23.9 Å². The molecule has 1 amide bonds. The number of nitrogens with zero attached hydrogens (tertiary/aromatic N) is 1. The summed E-state index contributed by atoms with van der Waals surface area (Å²) in [7, 11) is 0. The highest BCUT2D eigenvalue weighted by Crippen LogP contribution is 2.44. The van der Waals surface area contributed by atoms with Crippen molar-refractivity contribution in [3.05, 3.63) is 94.0 Å². The van der Waals surface area contributed by atoms with Gasteiger partial charge in [-0.2, -0.15) is 0 Å². The number of halogens is 1. The Kier molecular flexibility index (Phi) is 6.58. The Morgan fingerprint density at radius 3 is 2.40 bits per heavy atom. The van der Waals surface area contributed by atoms with E-state index in [2.05, 4.69) is 0 Å². The molecule has 0 bridgehead atoms. The Morgan fingerprint density at radius 1 is 1.06 bits per heavy atom. The van der Waals surface area contributed by atoms with Gasteiger partial charge in [-0.05, 0) is 91.8 Å². The standard InChI is InChI=1S/C29H30ClNO4/c1-19(2)34-18-35-25-13-6-21-16-27(32)31(24-11-7-22(8-12-24)29(33)14-3-15-29)28(26(21)17-25)20-4-9-23(30)10-5-20/h4-13,17,19,28,33H,3,14-16,18H2,1-2H3/t28-/m0/s1. The molecule has 0 spiro atoms. The minimum Gasteiger partial charge on any atom is -0.468 e. The molecule has 1 saturated carbocycles. The molecule has 1 aliphatic heterocycles. The van der Waals surface area contributed by atoms with Crippen molar-refractivity contribution >= 4 is 23.2 Å². The molecule has 3 aromatic carbocycles. The number of benzene rings is 3. The molecule has 1 atom stereocenters. The Bertz CT molecular complexity index is 1200. The molecule has 0 saturated heterocycles. The van der Waals surface area contributed by atoms with Gasteiger partial charge < -0.3 is 19.5 Å². The van der Waals surface area contributed by atoms with Gasteiger partial charge in [0.2, 0.25) is 5.91 Å². The van der Waals surface area contributed by atoms with E-state index >= 15 is 0 Å². The average Bonchev–Trinajstić information content (AvgIpc) is 2.82. The van der Waals surface area contributed by atoms with Crippen molar-refractivity contribution < 1.29 is 19.4 Å². The molecule has 182 valence electrons. The molecule has 1 heterocycles. The van der Waals surface area contributed by atoms with Gasteiger partial charge in [0.25, 0.3) is 0 Å². The Hall–Kier alpha value is -2.86. The molecule has 1 aliphatic carbocycles. The van der Waals surface area contributed by atoms with Gasteiger partial charge in [0.1, 0.15) is 5.75 Å². The van der Waals surface area contributed by atoms with Gasteiger partial charge in [0, 0.05) is 10.7 Å². The van der Waals surface area contributed by atoms with Crippen LogP contribution >= 0.6 is 11.6 Å². The third-order valence-electron chi connectivity index (χ3n) is 6.96. The minimum absolute atomic E-state index is 0.0179. The highest BCUT2D eigenvalue weighted by Gasteiger charge is 2.38. The van der Waals surface area contributed by atoms with E-state index in [1.165, 1.54) is 0 Å². The van der Waals surface area contributed by atoms with Crippen LogP contribution < -0.4 is 9.64 Å². The Labute approximate surface area is 211 Å². The lowest BCUT2D eigenvalue weighted by Crippen LogP contribution is -2.41. The lowest BCUT2D eigenvalue weighted by atomic mass is 9.75. The lowest BCUT2D eigenvalue weighted by Gasteiger charge is -2.39. The first kappa shape index (κ1) is 23.9. The summed E-state index contributed by atoms with van der Waals surface area (Å²) in [6.07, 6.45) is 2.96. The summed E-state index contributed by atoms with van der Waals surface area (Å²) in [6.45, 7) is 4.09. The van der Waals surface area contributed by atoms with Crippen LogP contribution in [0.5, 0.6) is 5.75 Å². The first-order valence-electron chi connectivity index (χ1n) is 12.1. The van der Waals surface area contributed by atoms with Crippen LogP contribution in [0.4, 0.5) is 5.69 Å². The lowest BCUT2D eigenvalue weighted by molar-refractivity contribution is -0.118. The fourth-order valence-electron chi connectivity index (χ4n) is 4.85. The van der Waals surface area contributed by atoms with Crippen LogP contribution in [0.25, 0.3) is 0 Å². The molecule has 6 heteroatoms. The second kappa shape index (κ2) is 9.65. The van der Waals surface area contributed by atoms with Gasteiger partial charge in [-0.15, -0.1) is 0 Å². The molecule has 5 nitrogen and oxygen atoms in total. The Balaban J connectivity index is 1.54. The molecule has 0 radical (unpaired) electrons. The van der Waals surface area contributed by atoms with Crippen molar-refractivity contribution in [3.8, 4) is 5.75 Å². The van der Waals surface area contributed by atoms with Crippen LogP contribution in [0.3, 0.4) is 0 Å². The summed E-state index contributed by atoms with van der Waals surface area (Å²) < 4.78 is 11.4. The third kappa shape index (κ3) is 4.81. The Morgan fingerprint density at radius 2 is 1.77 bits per heavy atom. The number of hydrogen-bond acceptors (Lipinski definition) is 4. The van der Waals surface area contributed by atoms with Crippen LogP contribution in [-0.2, 0) is 21.6 Å². The molecule has 0 unspecified atom stereocenters. The second-order valence-corrected chi connectivity index (χ2v) is 10.1. The third-order valence-corrected chi connectivity index (χ3v) is 7.21. The van der Waals surface area contributed by atoms with Crippen LogP contribution in [0.15, 0.2) is 66.7 Å². The minimum atomic E-state index is -0.739.